The Morgan fingerprint density at radius 3 is 2.75 bits per heavy atom. The van der Waals surface area contributed by atoms with E-state index in [9.17, 15) is 0 Å². The molecule has 86 valence electrons. The van der Waals surface area contributed by atoms with E-state index < -0.39 is 0 Å². The van der Waals surface area contributed by atoms with Crippen LogP contribution in [0.2, 0.25) is 0 Å². The molecule has 1 aromatic heterocycles. The van der Waals surface area contributed by atoms with Crippen molar-refractivity contribution in [2.24, 2.45) is 5.73 Å². The Bertz CT molecular complexity index is 490. The molecule has 0 fully saturated rings. The molecule has 0 spiro atoms. The Morgan fingerprint density at radius 1 is 1.31 bits per heavy atom. The summed E-state index contributed by atoms with van der Waals surface area (Å²) in [6, 6.07) is 7.85. The van der Waals surface area contributed by atoms with E-state index in [2.05, 4.69) is 13.0 Å². The lowest BCUT2D eigenvalue weighted by Gasteiger charge is -2.15. The van der Waals surface area contributed by atoms with Gasteiger partial charge in [-0.05, 0) is 32.0 Å². The molecule has 1 aromatic carbocycles. The van der Waals surface area contributed by atoms with Gasteiger partial charge in [0.05, 0.1) is 12.1 Å². The highest BCUT2D eigenvalue weighted by atomic mass is 16.5. The molecule has 3 heteroatoms. The Hall–Kier alpha value is -1.32. The molecule has 2 unspecified atom stereocenters. The maximum Gasteiger partial charge on any atom is 0.134 e. The maximum atomic E-state index is 6.03. The third-order valence-electron chi connectivity index (χ3n) is 2.90. The van der Waals surface area contributed by atoms with E-state index in [1.807, 2.05) is 25.1 Å². The number of ether oxygens (including phenoxy) is 1. The Balaban J connectivity index is 2.39. The third kappa shape index (κ3) is 1.96. The van der Waals surface area contributed by atoms with Crippen molar-refractivity contribution in [2.45, 2.75) is 26.0 Å². The molecule has 2 rings (SSSR count). The second-order valence-electron chi connectivity index (χ2n) is 4.16. The molecule has 0 aliphatic carbocycles. The predicted octanol–water partition coefficient (Wildman–Crippen LogP) is 2.78. The van der Waals surface area contributed by atoms with Gasteiger partial charge in [0.15, 0.2) is 0 Å². The second kappa shape index (κ2) is 4.28. The maximum absolute atomic E-state index is 6.03. The highest BCUT2D eigenvalue weighted by Gasteiger charge is 2.18. The summed E-state index contributed by atoms with van der Waals surface area (Å²) in [5, 5.41) is 1.09. The summed E-state index contributed by atoms with van der Waals surface area (Å²) in [6.07, 6.45) is -0.0540. The van der Waals surface area contributed by atoms with Crippen LogP contribution >= 0.6 is 0 Å². The Kier molecular flexibility index (Phi) is 2.99. The van der Waals surface area contributed by atoms with Gasteiger partial charge in [-0.25, -0.2) is 0 Å². The molecule has 0 aliphatic heterocycles. The molecule has 0 amide bonds. The molecule has 0 saturated heterocycles. The van der Waals surface area contributed by atoms with Crippen LogP contribution in [0.5, 0.6) is 0 Å². The minimum Gasteiger partial charge on any atom is -0.459 e. The predicted molar refractivity (Wildman–Crippen MR) is 64.4 cm³/mol. The van der Waals surface area contributed by atoms with Crippen molar-refractivity contribution in [3.63, 3.8) is 0 Å². The number of nitrogens with two attached hydrogens (primary N) is 1. The van der Waals surface area contributed by atoms with E-state index in [0.717, 1.165) is 16.7 Å². The lowest BCUT2D eigenvalue weighted by molar-refractivity contribution is 0.0895. The van der Waals surface area contributed by atoms with Gasteiger partial charge in [0.25, 0.3) is 0 Å². The molecule has 0 saturated carbocycles. The van der Waals surface area contributed by atoms with Crippen LogP contribution in [-0.4, -0.2) is 13.2 Å². The molecule has 16 heavy (non-hydrogen) atoms. The number of methoxy groups -OCH3 is 1. The normalized spacial score (nSPS) is 15.2. The summed E-state index contributed by atoms with van der Waals surface area (Å²) in [7, 11) is 1.65. The first-order chi connectivity index (χ1) is 7.61. The van der Waals surface area contributed by atoms with Crippen LogP contribution in [0.15, 0.2) is 28.7 Å². The first-order valence-corrected chi connectivity index (χ1v) is 5.40. The fourth-order valence-electron chi connectivity index (χ4n) is 1.73. The van der Waals surface area contributed by atoms with Crippen LogP contribution in [0.4, 0.5) is 0 Å². The Labute approximate surface area is 95.2 Å². The summed E-state index contributed by atoms with van der Waals surface area (Å²) in [5.74, 6) is 0.773. The van der Waals surface area contributed by atoms with Gasteiger partial charge in [0, 0.05) is 12.5 Å². The number of aryl methyl sites for hydroxylation is 1. The minimum absolute atomic E-state index is 0.0540. The lowest BCUT2D eigenvalue weighted by Crippen LogP contribution is -2.24. The van der Waals surface area contributed by atoms with Crippen LogP contribution in [0.1, 0.15) is 24.3 Å². The van der Waals surface area contributed by atoms with Crippen LogP contribution < -0.4 is 5.73 Å². The van der Waals surface area contributed by atoms with E-state index >= 15 is 0 Å². The van der Waals surface area contributed by atoms with Gasteiger partial charge in [-0.15, -0.1) is 0 Å². The van der Waals surface area contributed by atoms with Crippen molar-refractivity contribution in [3.8, 4) is 0 Å². The SMILES string of the molecule is COC(C)C(N)c1cc2cc(C)ccc2o1. The number of furan rings is 1. The van der Waals surface area contributed by atoms with Gasteiger partial charge in [0.1, 0.15) is 11.3 Å². The fraction of sp³-hybridized carbons (Fsp3) is 0.385. The van der Waals surface area contributed by atoms with Crippen LogP contribution in [0.25, 0.3) is 11.0 Å². The van der Waals surface area contributed by atoms with Gasteiger partial charge < -0.3 is 14.9 Å². The topological polar surface area (TPSA) is 48.4 Å². The molecular weight excluding hydrogens is 202 g/mol. The molecule has 0 aliphatic rings. The van der Waals surface area contributed by atoms with Gasteiger partial charge in [-0.2, -0.15) is 0 Å². The molecule has 3 nitrogen and oxygen atoms in total. The lowest BCUT2D eigenvalue weighted by atomic mass is 10.1. The minimum atomic E-state index is -0.224. The molecule has 0 bridgehead atoms. The summed E-state index contributed by atoms with van der Waals surface area (Å²) >= 11 is 0. The van der Waals surface area contributed by atoms with Crippen molar-refractivity contribution < 1.29 is 9.15 Å². The summed E-state index contributed by atoms with van der Waals surface area (Å²) in [5.41, 5.74) is 8.12. The van der Waals surface area contributed by atoms with Crippen molar-refractivity contribution in [1.82, 2.24) is 0 Å². The average molecular weight is 219 g/mol. The summed E-state index contributed by atoms with van der Waals surface area (Å²) in [4.78, 5) is 0. The first-order valence-electron chi connectivity index (χ1n) is 5.40. The van der Waals surface area contributed by atoms with E-state index in [-0.39, 0.29) is 12.1 Å². The van der Waals surface area contributed by atoms with Crippen molar-refractivity contribution in [1.29, 1.82) is 0 Å². The van der Waals surface area contributed by atoms with Crippen molar-refractivity contribution in [3.05, 3.63) is 35.6 Å². The number of rotatable bonds is 3. The van der Waals surface area contributed by atoms with Gasteiger partial charge in [-0.1, -0.05) is 11.6 Å². The fourth-order valence-corrected chi connectivity index (χ4v) is 1.73. The van der Waals surface area contributed by atoms with Crippen LogP contribution in [0, 0.1) is 6.92 Å². The van der Waals surface area contributed by atoms with E-state index in [4.69, 9.17) is 14.9 Å². The number of fused-ring (bicyclic) bond motifs is 1. The molecule has 2 atom stereocenters. The number of hydrogen-bond acceptors (Lipinski definition) is 3. The highest BCUT2D eigenvalue weighted by molar-refractivity contribution is 5.78. The van der Waals surface area contributed by atoms with Gasteiger partial charge in [-0.3, -0.25) is 0 Å². The monoisotopic (exact) mass is 219 g/mol. The van der Waals surface area contributed by atoms with E-state index in [0.29, 0.717) is 0 Å². The average Bonchev–Trinajstić information content (AvgIpc) is 2.69. The molecule has 1 heterocycles. The summed E-state index contributed by atoms with van der Waals surface area (Å²) in [6.45, 7) is 3.99. The van der Waals surface area contributed by atoms with E-state index in [1.165, 1.54) is 5.56 Å². The molecular formula is C13H17NO2. The smallest absolute Gasteiger partial charge is 0.134 e. The number of hydrogen-bond donors (Lipinski definition) is 1. The largest absolute Gasteiger partial charge is 0.459 e. The molecule has 0 radical (unpaired) electrons. The number of benzene rings is 1. The van der Waals surface area contributed by atoms with Gasteiger partial charge >= 0.3 is 0 Å². The quantitative estimate of drug-likeness (QED) is 0.863. The Morgan fingerprint density at radius 2 is 2.06 bits per heavy atom. The third-order valence-corrected chi connectivity index (χ3v) is 2.90. The first kappa shape index (κ1) is 11.2. The zero-order chi connectivity index (χ0) is 11.7. The van der Waals surface area contributed by atoms with Crippen LogP contribution in [0.3, 0.4) is 0 Å². The highest BCUT2D eigenvalue weighted by Crippen LogP contribution is 2.25. The molecule has 2 aromatic rings. The summed E-state index contributed by atoms with van der Waals surface area (Å²) < 4.78 is 10.9. The van der Waals surface area contributed by atoms with Crippen molar-refractivity contribution in [2.75, 3.05) is 7.11 Å². The standard InChI is InChI=1S/C13H17NO2/c1-8-4-5-11-10(6-8)7-12(16-11)13(14)9(2)15-3/h4-7,9,13H,14H2,1-3H3. The van der Waals surface area contributed by atoms with E-state index in [1.54, 1.807) is 7.11 Å². The zero-order valence-corrected chi connectivity index (χ0v) is 9.86. The van der Waals surface area contributed by atoms with Gasteiger partial charge in [0.2, 0.25) is 0 Å². The molecule has 2 N–H and O–H groups in total. The zero-order valence-electron chi connectivity index (χ0n) is 9.86. The second-order valence-corrected chi connectivity index (χ2v) is 4.16. The van der Waals surface area contributed by atoms with Crippen LogP contribution in [-0.2, 0) is 4.74 Å². The van der Waals surface area contributed by atoms with Crippen molar-refractivity contribution >= 4 is 11.0 Å².